The summed E-state index contributed by atoms with van der Waals surface area (Å²) in [5.41, 5.74) is 0.921. The Labute approximate surface area is 212 Å². The van der Waals surface area contributed by atoms with Crippen LogP contribution < -0.4 is 10.1 Å². The molecule has 204 valence electrons. The fourth-order valence-corrected chi connectivity index (χ4v) is 5.25. The molecule has 0 bridgehead atoms. The largest absolute Gasteiger partial charge is 0.479 e. The standard InChI is InChI=1S/C21H21F5N8O3S/c1-37-19-18-17(11-3-4-13-14(7-11)33(31-29-13)9-16(23)24)12(22)8-34(18)30-20(28-19)27-15-5-6-32(38(2,35)36)10-21(15,25)26/h3-4,7-8,15-16H,5-6,9-10H2,1-2H3,(H,27,30)/t15-/m1/s1. The first-order valence-corrected chi connectivity index (χ1v) is 13.1. The van der Waals surface area contributed by atoms with Gasteiger partial charge < -0.3 is 10.1 Å². The Morgan fingerprint density at radius 2 is 2.05 bits per heavy atom. The number of rotatable bonds is 7. The van der Waals surface area contributed by atoms with Gasteiger partial charge in [-0.3, -0.25) is 0 Å². The van der Waals surface area contributed by atoms with E-state index in [9.17, 15) is 26.0 Å². The van der Waals surface area contributed by atoms with Gasteiger partial charge in [0.1, 0.15) is 17.6 Å². The van der Waals surface area contributed by atoms with E-state index in [4.69, 9.17) is 4.74 Å². The van der Waals surface area contributed by atoms with Crippen molar-refractivity contribution < 1.29 is 35.1 Å². The second kappa shape index (κ2) is 9.30. The Morgan fingerprint density at radius 1 is 1.29 bits per heavy atom. The minimum absolute atomic E-state index is 0.00751. The molecule has 1 atom stereocenters. The van der Waals surface area contributed by atoms with Crippen LogP contribution in [0, 0.1) is 5.82 Å². The minimum Gasteiger partial charge on any atom is -0.479 e. The molecule has 1 fully saturated rings. The zero-order valence-corrected chi connectivity index (χ0v) is 20.8. The highest BCUT2D eigenvalue weighted by atomic mass is 32.2. The molecule has 4 aromatic rings. The quantitative estimate of drug-likeness (QED) is 0.343. The normalized spacial score (nSPS) is 18.5. The summed E-state index contributed by atoms with van der Waals surface area (Å²) >= 11 is 0. The van der Waals surface area contributed by atoms with E-state index >= 15 is 4.39 Å². The lowest BCUT2D eigenvalue weighted by atomic mass is 10.0. The molecule has 5 rings (SSSR count). The summed E-state index contributed by atoms with van der Waals surface area (Å²) in [5.74, 6) is -4.63. The van der Waals surface area contributed by atoms with Crippen LogP contribution in [0.2, 0.25) is 0 Å². The highest BCUT2D eigenvalue weighted by molar-refractivity contribution is 7.88. The molecule has 1 saturated heterocycles. The van der Waals surface area contributed by atoms with Crippen LogP contribution in [0.5, 0.6) is 5.88 Å². The van der Waals surface area contributed by atoms with Gasteiger partial charge in [-0.1, -0.05) is 11.3 Å². The predicted molar refractivity (Wildman–Crippen MR) is 125 cm³/mol. The Bertz CT molecular complexity index is 1620. The van der Waals surface area contributed by atoms with Crippen molar-refractivity contribution in [2.24, 2.45) is 0 Å². The summed E-state index contributed by atoms with van der Waals surface area (Å²) in [4.78, 5) is 4.13. The third kappa shape index (κ3) is 4.70. The van der Waals surface area contributed by atoms with E-state index in [0.29, 0.717) is 9.82 Å². The van der Waals surface area contributed by atoms with Crippen LogP contribution in [0.15, 0.2) is 24.4 Å². The smallest absolute Gasteiger partial charge is 0.281 e. The van der Waals surface area contributed by atoms with Crippen molar-refractivity contribution in [1.82, 2.24) is 33.9 Å². The molecular weight excluding hydrogens is 539 g/mol. The first-order chi connectivity index (χ1) is 17.9. The maximum atomic E-state index is 15.2. The molecule has 4 heterocycles. The monoisotopic (exact) mass is 560 g/mol. The van der Waals surface area contributed by atoms with Crippen molar-refractivity contribution in [3.05, 3.63) is 30.2 Å². The highest BCUT2D eigenvalue weighted by Crippen LogP contribution is 2.36. The number of hydrogen-bond acceptors (Lipinski definition) is 8. The predicted octanol–water partition coefficient (Wildman–Crippen LogP) is 2.63. The average Bonchev–Trinajstić information content (AvgIpc) is 3.38. The van der Waals surface area contributed by atoms with Crippen LogP contribution in [0.25, 0.3) is 27.7 Å². The average molecular weight is 561 g/mol. The summed E-state index contributed by atoms with van der Waals surface area (Å²) < 4.78 is 102. The zero-order chi connectivity index (χ0) is 27.4. The van der Waals surface area contributed by atoms with E-state index in [0.717, 1.165) is 21.6 Å². The van der Waals surface area contributed by atoms with E-state index < -0.39 is 47.3 Å². The van der Waals surface area contributed by atoms with Crippen LogP contribution in [-0.2, 0) is 16.6 Å². The molecule has 0 aliphatic carbocycles. The van der Waals surface area contributed by atoms with Gasteiger partial charge in [0.15, 0.2) is 5.82 Å². The van der Waals surface area contributed by atoms with Gasteiger partial charge in [-0.05, 0) is 24.1 Å². The molecule has 0 unspecified atom stereocenters. The van der Waals surface area contributed by atoms with Gasteiger partial charge in [-0.2, -0.15) is 9.29 Å². The Hall–Kier alpha value is -3.60. The van der Waals surface area contributed by atoms with E-state index in [1.165, 1.54) is 25.3 Å². The van der Waals surface area contributed by atoms with Crippen molar-refractivity contribution in [3.8, 4) is 17.0 Å². The number of fused-ring (bicyclic) bond motifs is 2. The lowest BCUT2D eigenvalue weighted by Gasteiger charge is -2.37. The van der Waals surface area contributed by atoms with Crippen molar-refractivity contribution in [2.75, 3.05) is 31.8 Å². The topological polar surface area (TPSA) is 120 Å². The molecule has 1 aliphatic rings. The number of alkyl halides is 4. The number of aromatic nitrogens is 6. The van der Waals surface area contributed by atoms with Gasteiger partial charge in [0.05, 0.1) is 43.2 Å². The molecule has 1 aromatic carbocycles. The second-order valence-electron chi connectivity index (χ2n) is 8.80. The van der Waals surface area contributed by atoms with Gasteiger partial charge in [-0.25, -0.2) is 39.6 Å². The van der Waals surface area contributed by atoms with Crippen LogP contribution >= 0.6 is 0 Å². The number of piperidine rings is 1. The summed E-state index contributed by atoms with van der Waals surface area (Å²) in [7, 11) is -2.54. The van der Waals surface area contributed by atoms with Gasteiger partial charge in [0.2, 0.25) is 21.9 Å². The fraction of sp³-hybridized carbons (Fsp3) is 0.429. The van der Waals surface area contributed by atoms with Gasteiger partial charge in [0.25, 0.3) is 12.3 Å². The number of ether oxygens (including phenoxy) is 1. The first-order valence-electron chi connectivity index (χ1n) is 11.2. The second-order valence-corrected chi connectivity index (χ2v) is 10.8. The number of halogens is 5. The minimum atomic E-state index is -3.80. The van der Waals surface area contributed by atoms with Crippen molar-refractivity contribution in [3.63, 3.8) is 0 Å². The molecule has 17 heteroatoms. The highest BCUT2D eigenvalue weighted by Gasteiger charge is 2.47. The number of nitrogens with zero attached hydrogens (tertiary/aromatic N) is 7. The first kappa shape index (κ1) is 26.0. The molecule has 1 aliphatic heterocycles. The maximum absolute atomic E-state index is 15.2. The molecule has 0 amide bonds. The molecule has 0 saturated carbocycles. The Morgan fingerprint density at radius 3 is 2.71 bits per heavy atom. The number of nitrogens with one attached hydrogen (secondary N) is 1. The fourth-order valence-electron chi connectivity index (χ4n) is 4.41. The molecule has 1 N–H and O–H groups in total. The van der Waals surface area contributed by atoms with E-state index in [-0.39, 0.29) is 47.0 Å². The molecule has 3 aromatic heterocycles. The van der Waals surface area contributed by atoms with Crippen molar-refractivity contribution >= 4 is 32.5 Å². The molecule has 11 nitrogen and oxygen atoms in total. The zero-order valence-electron chi connectivity index (χ0n) is 19.9. The van der Waals surface area contributed by atoms with E-state index in [1.807, 2.05) is 0 Å². The van der Waals surface area contributed by atoms with Crippen LogP contribution in [0.3, 0.4) is 0 Å². The Kier molecular flexibility index (Phi) is 6.37. The third-order valence-corrected chi connectivity index (χ3v) is 7.45. The van der Waals surface area contributed by atoms with Gasteiger partial charge >= 0.3 is 0 Å². The number of hydrogen-bond donors (Lipinski definition) is 1. The van der Waals surface area contributed by atoms with E-state index in [1.54, 1.807) is 0 Å². The lowest BCUT2D eigenvalue weighted by molar-refractivity contribution is -0.0541. The van der Waals surface area contributed by atoms with Crippen LogP contribution in [0.4, 0.5) is 27.9 Å². The molecule has 0 spiro atoms. The maximum Gasteiger partial charge on any atom is 0.281 e. The SMILES string of the molecule is COc1nc(N[C@@H]2CCN(S(C)(=O)=O)CC2(F)F)nn2cc(F)c(-c3ccc4nnn(CC(F)F)c4c3)c12. The van der Waals surface area contributed by atoms with Gasteiger partial charge in [0, 0.05) is 6.54 Å². The van der Waals surface area contributed by atoms with Crippen LogP contribution in [-0.4, -0.2) is 87.2 Å². The number of benzene rings is 1. The molecular formula is C21H21F5N8O3S. The molecule has 38 heavy (non-hydrogen) atoms. The summed E-state index contributed by atoms with van der Waals surface area (Å²) in [6.45, 7) is -1.84. The van der Waals surface area contributed by atoms with E-state index in [2.05, 4.69) is 25.7 Å². The summed E-state index contributed by atoms with van der Waals surface area (Å²) in [6, 6.07) is 2.96. The summed E-state index contributed by atoms with van der Waals surface area (Å²) in [5, 5.41) is 14.2. The summed E-state index contributed by atoms with van der Waals surface area (Å²) in [6.07, 6.45) is -1.04. The third-order valence-electron chi connectivity index (χ3n) is 6.20. The van der Waals surface area contributed by atoms with Crippen LogP contribution in [0.1, 0.15) is 6.42 Å². The number of anilines is 1. The number of sulfonamides is 1. The number of methoxy groups -OCH3 is 1. The lowest BCUT2D eigenvalue weighted by Crippen LogP contribution is -2.55. The molecule has 0 radical (unpaired) electrons. The van der Waals surface area contributed by atoms with Gasteiger partial charge in [-0.15, -0.1) is 10.2 Å². The van der Waals surface area contributed by atoms with Crippen molar-refractivity contribution in [2.45, 2.75) is 31.4 Å². The van der Waals surface area contributed by atoms with Crippen molar-refractivity contribution in [1.29, 1.82) is 0 Å². The Balaban J connectivity index is 1.52.